The van der Waals surface area contributed by atoms with Gasteiger partial charge >= 0.3 is 6.18 Å². The second-order valence-electron chi connectivity index (χ2n) is 5.01. The molecule has 2 N–H and O–H groups in total. The Morgan fingerprint density at radius 1 is 1.11 bits per heavy atom. The van der Waals surface area contributed by atoms with Gasteiger partial charge in [0.1, 0.15) is 0 Å². The van der Waals surface area contributed by atoms with Gasteiger partial charge in [-0.15, -0.1) is 0 Å². The van der Waals surface area contributed by atoms with Crippen molar-refractivity contribution in [3.8, 4) is 0 Å². The van der Waals surface area contributed by atoms with Crippen LogP contribution in [-0.4, -0.2) is 18.6 Å². The van der Waals surface area contributed by atoms with E-state index in [0.29, 0.717) is 0 Å². The minimum Gasteiger partial charge on any atom is -0.380 e. The van der Waals surface area contributed by atoms with E-state index in [9.17, 15) is 13.2 Å². The summed E-state index contributed by atoms with van der Waals surface area (Å²) in [6.45, 7) is 3.97. The standard InChI is InChI=1S/C13H17F3N2/c1-12(6-8-17-9-7-12)18-11-4-2-10(3-5-11)13(14,15)16/h2-5,17-18H,6-9H2,1H3. The normalized spacial score (nSPS) is 19.6. The molecule has 0 unspecified atom stereocenters. The molecule has 0 amide bonds. The Morgan fingerprint density at radius 3 is 2.17 bits per heavy atom. The molecule has 2 nitrogen and oxygen atoms in total. The summed E-state index contributed by atoms with van der Waals surface area (Å²) >= 11 is 0. The van der Waals surface area contributed by atoms with Crippen LogP contribution >= 0.6 is 0 Å². The third-order valence-corrected chi connectivity index (χ3v) is 3.37. The van der Waals surface area contributed by atoms with Gasteiger partial charge in [-0.2, -0.15) is 13.2 Å². The average molecular weight is 258 g/mol. The number of anilines is 1. The van der Waals surface area contributed by atoms with Crippen LogP contribution in [0.2, 0.25) is 0 Å². The molecule has 1 heterocycles. The van der Waals surface area contributed by atoms with Crippen molar-refractivity contribution in [2.45, 2.75) is 31.5 Å². The van der Waals surface area contributed by atoms with Crippen LogP contribution in [0.1, 0.15) is 25.3 Å². The van der Waals surface area contributed by atoms with Crippen molar-refractivity contribution in [1.82, 2.24) is 5.32 Å². The molecule has 0 aromatic heterocycles. The van der Waals surface area contributed by atoms with E-state index in [1.54, 1.807) is 0 Å². The predicted octanol–water partition coefficient (Wildman–Crippen LogP) is 3.26. The number of halogens is 3. The van der Waals surface area contributed by atoms with E-state index < -0.39 is 11.7 Å². The Kier molecular flexibility index (Phi) is 3.52. The lowest BCUT2D eigenvalue weighted by atomic mass is 9.90. The minimum atomic E-state index is -4.27. The first-order valence-electron chi connectivity index (χ1n) is 6.05. The summed E-state index contributed by atoms with van der Waals surface area (Å²) < 4.78 is 37.3. The summed E-state index contributed by atoms with van der Waals surface area (Å²) in [4.78, 5) is 0. The number of benzene rings is 1. The summed E-state index contributed by atoms with van der Waals surface area (Å²) in [6.07, 6.45) is -2.33. The molecule has 1 aromatic carbocycles. The SMILES string of the molecule is CC1(Nc2ccc(C(F)(F)F)cc2)CCNCC1. The fourth-order valence-corrected chi connectivity index (χ4v) is 2.19. The molecule has 1 saturated heterocycles. The lowest BCUT2D eigenvalue weighted by Crippen LogP contribution is -2.45. The van der Waals surface area contributed by atoms with Crippen LogP contribution in [-0.2, 0) is 6.18 Å². The first-order valence-corrected chi connectivity index (χ1v) is 6.05. The van der Waals surface area contributed by atoms with Gasteiger partial charge in [0.05, 0.1) is 5.56 Å². The number of hydrogen-bond acceptors (Lipinski definition) is 2. The van der Waals surface area contributed by atoms with Gasteiger partial charge in [-0.25, -0.2) is 0 Å². The van der Waals surface area contributed by atoms with Crippen molar-refractivity contribution in [1.29, 1.82) is 0 Å². The molecule has 0 bridgehead atoms. The van der Waals surface area contributed by atoms with Crippen molar-refractivity contribution in [3.05, 3.63) is 29.8 Å². The van der Waals surface area contributed by atoms with Crippen molar-refractivity contribution in [2.75, 3.05) is 18.4 Å². The molecule has 1 aliphatic heterocycles. The van der Waals surface area contributed by atoms with Crippen molar-refractivity contribution in [3.63, 3.8) is 0 Å². The van der Waals surface area contributed by atoms with Gasteiger partial charge in [-0.1, -0.05) is 0 Å². The number of nitrogens with one attached hydrogen (secondary N) is 2. The third kappa shape index (κ3) is 3.16. The summed E-state index contributed by atoms with van der Waals surface area (Å²) in [5, 5.41) is 6.59. The van der Waals surface area contributed by atoms with Crippen LogP contribution < -0.4 is 10.6 Å². The van der Waals surface area contributed by atoms with Crippen LogP contribution in [0.3, 0.4) is 0 Å². The first kappa shape index (κ1) is 13.2. The molecule has 100 valence electrons. The molecule has 0 aliphatic carbocycles. The van der Waals surface area contributed by atoms with Crippen molar-refractivity contribution < 1.29 is 13.2 Å². The Hall–Kier alpha value is -1.23. The van der Waals surface area contributed by atoms with Gasteiger partial charge in [0, 0.05) is 11.2 Å². The summed E-state index contributed by atoms with van der Waals surface area (Å²) in [7, 11) is 0. The van der Waals surface area contributed by atoms with E-state index in [1.165, 1.54) is 12.1 Å². The predicted molar refractivity (Wildman–Crippen MR) is 65.6 cm³/mol. The summed E-state index contributed by atoms with van der Waals surface area (Å²) in [6, 6.07) is 5.23. The van der Waals surface area contributed by atoms with Crippen LogP contribution in [0.25, 0.3) is 0 Å². The maximum Gasteiger partial charge on any atom is 0.416 e. The molecular weight excluding hydrogens is 241 g/mol. The topological polar surface area (TPSA) is 24.1 Å². The molecule has 5 heteroatoms. The Labute approximate surface area is 105 Å². The van der Waals surface area contributed by atoms with Crippen molar-refractivity contribution >= 4 is 5.69 Å². The Bertz CT molecular complexity index is 392. The molecule has 1 aliphatic rings. The maximum absolute atomic E-state index is 12.4. The highest BCUT2D eigenvalue weighted by molar-refractivity contribution is 5.47. The van der Waals surface area contributed by atoms with Crippen molar-refractivity contribution in [2.24, 2.45) is 0 Å². The third-order valence-electron chi connectivity index (χ3n) is 3.37. The van der Waals surface area contributed by atoms with E-state index in [1.807, 2.05) is 0 Å². The van der Waals surface area contributed by atoms with Crippen LogP contribution in [0, 0.1) is 0 Å². The van der Waals surface area contributed by atoms with Gasteiger partial charge in [0.15, 0.2) is 0 Å². The van der Waals surface area contributed by atoms with Gasteiger partial charge in [-0.3, -0.25) is 0 Å². The highest BCUT2D eigenvalue weighted by Crippen LogP contribution is 2.31. The van der Waals surface area contributed by atoms with Crippen LogP contribution in [0.5, 0.6) is 0 Å². The smallest absolute Gasteiger partial charge is 0.380 e. The van der Waals surface area contributed by atoms with Crippen LogP contribution in [0.4, 0.5) is 18.9 Å². The monoisotopic (exact) mass is 258 g/mol. The maximum atomic E-state index is 12.4. The van der Waals surface area contributed by atoms with E-state index in [4.69, 9.17) is 0 Å². The second kappa shape index (κ2) is 4.80. The molecule has 0 spiro atoms. The molecular formula is C13H17F3N2. The molecule has 0 radical (unpaired) electrons. The van der Waals surface area contributed by atoms with E-state index in [2.05, 4.69) is 17.6 Å². The average Bonchev–Trinajstić information content (AvgIpc) is 2.29. The quantitative estimate of drug-likeness (QED) is 0.850. The zero-order chi connectivity index (χ0) is 13.2. The number of alkyl halides is 3. The minimum absolute atomic E-state index is 0.0367. The second-order valence-corrected chi connectivity index (χ2v) is 5.01. The Balaban J connectivity index is 2.06. The van der Waals surface area contributed by atoms with E-state index >= 15 is 0 Å². The molecule has 0 saturated carbocycles. The number of piperidine rings is 1. The fourth-order valence-electron chi connectivity index (χ4n) is 2.19. The number of rotatable bonds is 2. The zero-order valence-electron chi connectivity index (χ0n) is 10.3. The zero-order valence-corrected chi connectivity index (χ0v) is 10.3. The fraction of sp³-hybridized carbons (Fsp3) is 0.538. The highest BCUT2D eigenvalue weighted by atomic mass is 19.4. The molecule has 1 aromatic rings. The molecule has 0 atom stereocenters. The summed E-state index contributed by atoms with van der Waals surface area (Å²) in [5.74, 6) is 0. The lowest BCUT2D eigenvalue weighted by molar-refractivity contribution is -0.137. The molecule has 1 fully saturated rings. The number of hydrogen-bond donors (Lipinski definition) is 2. The Morgan fingerprint density at radius 2 is 1.67 bits per heavy atom. The van der Waals surface area contributed by atoms with Gasteiger partial charge in [0.2, 0.25) is 0 Å². The summed E-state index contributed by atoms with van der Waals surface area (Å²) in [5.41, 5.74) is 0.0984. The first-order chi connectivity index (χ1) is 8.39. The van der Waals surface area contributed by atoms with E-state index in [0.717, 1.165) is 43.8 Å². The molecule has 18 heavy (non-hydrogen) atoms. The highest BCUT2D eigenvalue weighted by Gasteiger charge is 2.30. The largest absolute Gasteiger partial charge is 0.416 e. The lowest BCUT2D eigenvalue weighted by Gasteiger charge is -2.36. The molecule has 2 rings (SSSR count). The van der Waals surface area contributed by atoms with Gasteiger partial charge in [0.25, 0.3) is 0 Å². The van der Waals surface area contributed by atoms with Gasteiger partial charge in [-0.05, 0) is 57.1 Å². The van der Waals surface area contributed by atoms with Crippen LogP contribution in [0.15, 0.2) is 24.3 Å². The van der Waals surface area contributed by atoms with Gasteiger partial charge < -0.3 is 10.6 Å². The van der Waals surface area contributed by atoms with E-state index in [-0.39, 0.29) is 5.54 Å².